The van der Waals surface area contributed by atoms with Gasteiger partial charge in [-0.1, -0.05) is 43.3 Å². The smallest absolute Gasteiger partial charge is 0.0361 e. The molecule has 1 unspecified atom stereocenters. The van der Waals surface area contributed by atoms with E-state index in [2.05, 4.69) is 74.4 Å². The van der Waals surface area contributed by atoms with E-state index in [0.29, 0.717) is 5.92 Å². The number of nitrogens with zero attached hydrogens (tertiary/aromatic N) is 1. The van der Waals surface area contributed by atoms with Crippen LogP contribution >= 0.6 is 0 Å². The highest BCUT2D eigenvalue weighted by molar-refractivity contribution is 5.66. The SMILES string of the molecule is CC(CCN)CCc1cccc(-c2ccc(N(C)C)cc2)c1. The molecule has 2 aromatic carbocycles. The molecule has 0 spiro atoms. The van der Waals surface area contributed by atoms with Crippen molar-refractivity contribution < 1.29 is 0 Å². The molecule has 2 nitrogen and oxygen atoms in total. The van der Waals surface area contributed by atoms with Crippen molar-refractivity contribution in [2.45, 2.75) is 26.2 Å². The third-order valence-electron chi connectivity index (χ3n) is 4.23. The lowest BCUT2D eigenvalue weighted by Gasteiger charge is -2.13. The van der Waals surface area contributed by atoms with Gasteiger partial charge in [0.25, 0.3) is 0 Å². The molecule has 0 heterocycles. The Labute approximate surface area is 135 Å². The number of benzene rings is 2. The molecule has 2 heteroatoms. The predicted molar refractivity (Wildman–Crippen MR) is 97.4 cm³/mol. The summed E-state index contributed by atoms with van der Waals surface area (Å²) in [4.78, 5) is 2.12. The molecule has 0 saturated carbocycles. The Morgan fingerprint density at radius 1 is 0.955 bits per heavy atom. The number of rotatable bonds is 7. The summed E-state index contributed by atoms with van der Waals surface area (Å²) in [6.07, 6.45) is 3.46. The summed E-state index contributed by atoms with van der Waals surface area (Å²) < 4.78 is 0. The van der Waals surface area contributed by atoms with E-state index in [4.69, 9.17) is 5.73 Å². The van der Waals surface area contributed by atoms with Gasteiger partial charge in [0.2, 0.25) is 0 Å². The molecule has 0 radical (unpaired) electrons. The maximum Gasteiger partial charge on any atom is 0.0361 e. The average Bonchev–Trinajstić information content (AvgIpc) is 2.53. The molecule has 0 aromatic heterocycles. The summed E-state index contributed by atoms with van der Waals surface area (Å²) >= 11 is 0. The monoisotopic (exact) mass is 296 g/mol. The van der Waals surface area contributed by atoms with Crippen molar-refractivity contribution in [2.75, 3.05) is 25.5 Å². The van der Waals surface area contributed by atoms with E-state index in [1.807, 2.05) is 0 Å². The molecule has 2 N–H and O–H groups in total. The van der Waals surface area contributed by atoms with Crippen molar-refractivity contribution in [1.29, 1.82) is 0 Å². The maximum atomic E-state index is 5.63. The minimum absolute atomic E-state index is 0.702. The van der Waals surface area contributed by atoms with Crippen molar-refractivity contribution in [1.82, 2.24) is 0 Å². The lowest BCUT2D eigenvalue weighted by atomic mass is 9.96. The molecule has 0 bridgehead atoms. The van der Waals surface area contributed by atoms with Crippen LogP contribution < -0.4 is 10.6 Å². The number of nitrogens with two attached hydrogens (primary N) is 1. The zero-order chi connectivity index (χ0) is 15.9. The Morgan fingerprint density at radius 2 is 1.68 bits per heavy atom. The summed E-state index contributed by atoms with van der Waals surface area (Å²) in [5.74, 6) is 0.702. The van der Waals surface area contributed by atoms with Crippen molar-refractivity contribution in [3.63, 3.8) is 0 Å². The topological polar surface area (TPSA) is 29.3 Å². The number of aryl methyl sites for hydroxylation is 1. The Morgan fingerprint density at radius 3 is 2.32 bits per heavy atom. The Hall–Kier alpha value is -1.80. The van der Waals surface area contributed by atoms with Crippen LogP contribution in [0.4, 0.5) is 5.69 Å². The van der Waals surface area contributed by atoms with Gasteiger partial charge in [0, 0.05) is 19.8 Å². The van der Waals surface area contributed by atoms with E-state index >= 15 is 0 Å². The van der Waals surface area contributed by atoms with Crippen molar-refractivity contribution in [3.8, 4) is 11.1 Å². The molecule has 2 rings (SSSR count). The lowest BCUT2D eigenvalue weighted by molar-refractivity contribution is 0.500. The molecule has 22 heavy (non-hydrogen) atoms. The van der Waals surface area contributed by atoms with Crippen LogP contribution in [0.3, 0.4) is 0 Å². The zero-order valence-corrected chi connectivity index (χ0v) is 14.0. The molecule has 0 aliphatic heterocycles. The molecule has 0 aliphatic rings. The van der Waals surface area contributed by atoms with Gasteiger partial charge in [0.1, 0.15) is 0 Å². The van der Waals surface area contributed by atoms with E-state index in [1.54, 1.807) is 0 Å². The number of anilines is 1. The van der Waals surface area contributed by atoms with Crippen LogP contribution in [0.15, 0.2) is 48.5 Å². The molecule has 1 atom stereocenters. The first kappa shape index (κ1) is 16.6. The summed E-state index contributed by atoms with van der Waals surface area (Å²) in [7, 11) is 4.14. The Balaban J connectivity index is 2.07. The van der Waals surface area contributed by atoms with Gasteiger partial charge in [-0.3, -0.25) is 0 Å². The number of hydrogen-bond donors (Lipinski definition) is 1. The highest BCUT2D eigenvalue weighted by Crippen LogP contribution is 2.24. The second-order valence-corrected chi connectivity index (χ2v) is 6.36. The first-order chi connectivity index (χ1) is 10.6. The van der Waals surface area contributed by atoms with Gasteiger partial charge in [-0.05, 0) is 60.5 Å². The van der Waals surface area contributed by atoms with Gasteiger partial charge in [-0.2, -0.15) is 0 Å². The molecule has 2 aromatic rings. The molecule has 0 amide bonds. The van der Waals surface area contributed by atoms with E-state index in [9.17, 15) is 0 Å². The van der Waals surface area contributed by atoms with Crippen molar-refractivity contribution in [2.24, 2.45) is 11.7 Å². The van der Waals surface area contributed by atoms with Crippen LogP contribution in [0, 0.1) is 5.92 Å². The Bertz CT molecular complexity index is 573. The third kappa shape index (κ3) is 4.60. The summed E-state index contributed by atoms with van der Waals surface area (Å²) in [5, 5.41) is 0. The molecular weight excluding hydrogens is 268 g/mol. The van der Waals surface area contributed by atoms with Crippen LogP contribution in [-0.4, -0.2) is 20.6 Å². The second-order valence-electron chi connectivity index (χ2n) is 6.36. The highest BCUT2D eigenvalue weighted by Gasteiger charge is 2.04. The zero-order valence-electron chi connectivity index (χ0n) is 14.0. The number of hydrogen-bond acceptors (Lipinski definition) is 2. The summed E-state index contributed by atoms with van der Waals surface area (Å²) in [6, 6.07) is 17.6. The van der Waals surface area contributed by atoms with Gasteiger partial charge in [0.05, 0.1) is 0 Å². The fourth-order valence-electron chi connectivity index (χ4n) is 2.70. The predicted octanol–water partition coefficient (Wildman–Crippen LogP) is 4.34. The third-order valence-corrected chi connectivity index (χ3v) is 4.23. The normalized spacial score (nSPS) is 12.2. The van der Waals surface area contributed by atoms with Crippen LogP contribution in [0.1, 0.15) is 25.3 Å². The summed E-state index contributed by atoms with van der Waals surface area (Å²) in [5.41, 5.74) is 10.9. The van der Waals surface area contributed by atoms with E-state index in [1.165, 1.54) is 28.8 Å². The maximum absolute atomic E-state index is 5.63. The molecule has 118 valence electrons. The molecular formula is C20H28N2. The van der Waals surface area contributed by atoms with Gasteiger partial charge in [0.15, 0.2) is 0 Å². The van der Waals surface area contributed by atoms with E-state index in [0.717, 1.165) is 19.4 Å². The highest BCUT2D eigenvalue weighted by atomic mass is 15.1. The minimum Gasteiger partial charge on any atom is -0.378 e. The van der Waals surface area contributed by atoms with Gasteiger partial charge >= 0.3 is 0 Å². The Kier molecular flexibility index (Phi) is 6.02. The summed E-state index contributed by atoms with van der Waals surface area (Å²) in [6.45, 7) is 3.08. The fraction of sp³-hybridized carbons (Fsp3) is 0.400. The van der Waals surface area contributed by atoms with Crippen LogP contribution in [0.2, 0.25) is 0 Å². The fourth-order valence-corrected chi connectivity index (χ4v) is 2.70. The largest absolute Gasteiger partial charge is 0.378 e. The van der Waals surface area contributed by atoms with Crippen LogP contribution in [0.25, 0.3) is 11.1 Å². The van der Waals surface area contributed by atoms with Gasteiger partial charge < -0.3 is 10.6 Å². The van der Waals surface area contributed by atoms with E-state index in [-0.39, 0.29) is 0 Å². The van der Waals surface area contributed by atoms with Crippen molar-refractivity contribution >= 4 is 5.69 Å². The molecule has 0 saturated heterocycles. The van der Waals surface area contributed by atoms with Gasteiger partial charge in [-0.25, -0.2) is 0 Å². The van der Waals surface area contributed by atoms with Crippen LogP contribution in [-0.2, 0) is 6.42 Å². The average molecular weight is 296 g/mol. The van der Waals surface area contributed by atoms with Crippen molar-refractivity contribution in [3.05, 3.63) is 54.1 Å². The van der Waals surface area contributed by atoms with Gasteiger partial charge in [-0.15, -0.1) is 0 Å². The minimum atomic E-state index is 0.702. The first-order valence-corrected chi connectivity index (χ1v) is 8.17. The lowest BCUT2D eigenvalue weighted by Crippen LogP contribution is -2.07. The first-order valence-electron chi connectivity index (χ1n) is 8.17. The molecule has 0 aliphatic carbocycles. The standard InChI is InChI=1S/C20H28N2/c1-16(13-14-21)7-8-17-5-4-6-19(15-17)18-9-11-20(12-10-18)22(2)3/h4-6,9-12,15-16H,7-8,13-14,21H2,1-3H3. The van der Waals surface area contributed by atoms with E-state index < -0.39 is 0 Å². The quantitative estimate of drug-likeness (QED) is 0.823. The molecule has 0 fully saturated rings. The second kappa shape index (κ2) is 8.00. The van der Waals surface area contributed by atoms with Crippen LogP contribution in [0.5, 0.6) is 0 Å².